The van der Waals surface area contributed by atoms with Crippen molar-refractivity contribution in [3.8, 4) is 0 Å². The first-order valence-electron chi connectivity index (χ1n) is 11.1. The maximum Gasteiger partial charge on any atom is 0.270 e. The number of rotatable bonds is 6. The zero-order chi connectivity index (χ0) is 21.7. The van der Waals surface area contributed by atoms with Crippen LogP contribution in [0.5, 0.6) is 0 Å². The van der Waals surface area contributed by atoms with Gasteiger partial charge in [0.25, 0.3) is 5.91 Å². The summed E-state index contributed by atoms with van der Waals surface area (Å²) in [4.78, 5) is 28.1. The minimum absolute atomic E-state index is 0.0516. The van der Waals surface area contributed by atoms with Crippen LogP contribution in [-0.2, 0) is 24.5 Å². The standard InChI is InChI=1S/C24H29N5O2/c1-4-13(2)29(10-16-7-8-17(14(3)26-16)15-5-6-15)24(30)21-9-20-22(27-21)18-11-31-12-19(18)23(25)28-20/h7-9,13,15,27H,4-6,10-12H2,1-3H3,(H2,25,28)/t13-/m1/s1. The van der Waals surface area contributed by atoms with Crippen LogP contribution in [0.4, 0.5) is 5.82 Å². The van der Waals surface area contributed by atoms with Gasteiger partial charge in [-0.05, 0) is 56.7 Å². The Morgan fingerprint density at radius 3 is 2.77 bits per heavy atom. The number of aromatic amines is 1. The molecule has 31 heavy (non-hydrogen) atoms. The van der Waals surface area contributed by atoms with E-state index in [9.17, 15) is 4.79 Å². The van der Waals surface area contributed by atoms with Gasteiger partial charge in [0.05, 0.1) is 36.5 Å². The number of nitrogen functional groups attached to an aromatic ring is 1. The van der Waals surface area contributed by atoms with Crippen molar-refractivity contribution in [2.45, 2.75) is 71.8 Å². The number of ether oxygens (including phenoxy) is 1. The van der Waals surface area contributed by atoms with Crippen molar-refractivity contribution in [3.63, 3.8) is 0 Å². The van der Waals surface area contributed by atoms with E-state index in [2.05, 4.69) is 42.9 Å². The smallest absolute Gasteiger partial charge is 0.270 e. The molecule has 3 aromatic rings. The van der Waals surface area contributed by atoms with Gasteiger partial charge in [-0.2, -0.15) is 0 Å². The summed E-state index contributed by atoms with van der Waals surface area (Å²) in [5.74, 6) is 1.10. The summed E-state index contributed by atoms with van der Waals surface area (Å²) >= 11 is 0. The van der Waals surface area contributed by atoms with E-state index in [1.165, 1.54) is 18.4 Å². The number of hydrogen-bond donors (Lipinski definition) is 2. The number of fused-ring (bicyclic) bond motifs is 3. The van der Waals surface area contributed by atoms with E-state index < -0.39 is 0 Å². The van der Waals surface area contributed by atoms with Crippen LogP contribution >= 0.6 is 0 Å². The summed E-state index contributed by atoms with van der Waals surface area (Å²) < 4.78 is 5.55. The van der Waals surface area contributed by atoms with Crippen molar-refractivity contribution in [1.29, 1.82) is 0 Å². The van der Waals surface area contributed by atoms with E-state index in [0.717, 1.165) is 34.5 Å². The maximum absolute atomic E-state index is 13.6. The minimum Gasteiger partial charge on any atom is -0.383 e. The van der Waals surface area contributed by atoms with Crippen molar-refractivity contribution in [2.75, 3.05) is 5.73 Å². The zero-order valence-electron chi connectivity index (χ0n) is 18.4. The lowest BCUT2D eigenvalue weighted by molar-refractivity contribution is 0.0663. The topological polar surface area (TPSA) is 97.1 Å². The normalized spacial score (nSPS) is 16.5. The summed E-state index contributed by atoms with van der Waals surface area (Å²) in [7, 11) is 0. The van der Waals surface area contributed by atoms with Crippen LogP contribution in [0.15, 0.2) is 18.2 Å². The first kappa shape index (κ1) is 20.0. The number of anilines is 1. The minimum atomic E-state index is -0.0516. The van der Waals surface area contributed by atoms with Crippen LogP contribution < -0.4 is 5.73 Å². The highest BCUT2D eigenvalue weighted by atomic mass is 16.5. The van der Waals surface area contributed by atoms with Crippen LogP contribution in [0.25, 0.3) is 11.0 Å². The molecule has 1 saturated carbocycles. The molecule has 0 saturated heterocycles. The quantitative estimate of drug-likeness (QED) is 0.624. The van der Waals surface area contributed by atoms with Gasteiger partial charge in [0.2, 0.25) is 0 Å². The maximum atomic E-state index is 13.6. The van der Waals surface area contributed by atoms with Gasteiger partial charge in [0.15, 0.2) is 0 Å². The third-order valence-corrected chi connectivity index (χ3v) is 6.65. The number of amides is 1. The summed E-state index contributed by atoms with van der Waals surface area (Å²) in [6.45, 7) is 7.67. The zero-order valence-corrected chi connectivity index (χ0v) is 18.4. The monoisotopic (exact) mass is 419 g/mol. The Morgan fingerprint density at radius 2 is 2.06 bits per heavy atom. The molecular weight excluding hydrogens is 390 g/mol. The Morgan fingerprint density at radius 1 is 1.29 bits per heavy atom. The molecule has 0 bridgehead atoms. The van der Waals surface area contributed by atoms with E-state index in [-0.39, 0.29) is 11.9 Å². The second-order valence-electron chi connectivity index (χ2n) is 8.83. The highest BCUT2D eigenvalue weighted by Crippen LogP contribution is 2.41. The van der Waals surface area contributed by atoms with E-state index in [4.69, 9.17) is 15.5 Å². The molecule has 0 unspecified atom stereocenters. The Balaban J connectivity index is 1.46. The van der Waals surface area contributed by atoms with Crippen LogP contribution in [0.2, 0.25) is 0 Å². The van der Waals surface area contributed by atoms with Crippen molar-refractivity contribution < 1.29 is 9.53 Å². The van der Waals surface area contributed by atoms with Crippen LogP contribution in [0, 0.1) is 6.92 Å². The summed E-state index contributed by atoms with van der Waals surface area (Å²) in [6, 6.07) is 6.14. The Kier molecular flexibility index (Phi) is 4.93. The van der Waals surface area contributed by atoms with Crippen molar-refractivity contribution in [3.05, 3.63) is 52.0 Å². The number of nitrogens with two attached hydrogens (primary N) is 1. The van der Waals surface area contributed by atoms with Gasteiger partial charge in [-0.15, -0.1) is 0 Å². The van der Waals surface area contributed by atoms with Crippen molar-refractivity contribution in [2.24, 2.45) is 0 Å². The van der Waals surface area contributed by atoms with E-state index in [0.29, 0.717) is 42.7 Å². The number of aromatic nitrogens is 3. The van der Waals surface area contributed by atoms with E-state index in [1.807, 2.05) is 4.90 Å². The Labute approximate surface area is 182 Å². The van der Waals surface area contributed by atoms with E-state index >= 15 is 0 Å². The molecule has 0 radical (unpaired) electrons. The van der Waals surface area contributed by atoms with Gasteiger partial charge in [-0.1, -0.05) is 13.0 Å². The number of pyridine rings is 2. The molecule has 3 N–H and O–H groups in total. The molecule has 5 rings (SSSR count). The van der Waals surface area contributed by atoms with Gasteiger partial charge in [-0.3, -0.25) is 9.78 Å². The SMILES string of the molecule is CC[C@@H](C)N(Cc1ccc(C2CC2)c(C)n1)C(=O)c1cc2nc(N)c3c(c2[nH]1)COC3. The molecule has 3 aromatic heterocycles. The molecule has 7 nitrogen and oxygen atoms in total. The molecule has 1 fully saturated rings. The fourth-order valence-electron chi connectivity index (χ4n) is 4.47. The predicted molar refractivity (Wildman–Crippen MR) is 120 cm³/mol. The highest BCUT2D eigenvalue weighted by Gasteiger charge is 2.28. The van der Waals surface area contributed by atoms with Gasteiger partial charge in [-0.25, -0.2) is 4.98 Å². The molecule has 7 heteroatoms. The Bertz CT molecular complexity index is 1160. The molecular formula is C24H29N5O2. The van der Waals surface area contributed by atoms with Crippen molar-refractivity contribution in [1.82, 2.24) is 19.9 Å². The predicted octanol–water partition coefficient (Wildman–Crippen LogP) is 4.20. The lowest BCUT2D eigenvalue weighted by Crippen LogP contribution is -2.38. The van der Waals surface area contributed by atoms with Crippen LogP contribution in [0.1, 0.15) is 77.6 Å². The second kappa shape index (κ2) is 7.64. The number of H-pyrrole nitrogens is 1. The first-order chi connectivity index (χ1) is 15.0. The van der Waals surface area contributed by atoms with Gasteiger partial charge in [0.1, 0.15) is 11.5 Å². The summed E-state index contributed by atoms with van der Waals surface area (Å²) in [5, 5.41) is 0. The summed E-state index contributed by atoms with van der Waals surface area (Å²) in [6.07, 6.45) is 3.37. The highest BCUT2D eigenvalue weighted by molar-refractivity contribution is 5.98. The van der Waals surface area contributed by atoms with Crippen LogP contribution in [0.3, 0.4) is 0 Å². The number of hydrogen-bond acceptors (Lipinski definition) is 5. The fraction of sp³-hybridized carbons (Fsp3) is 0.458. The molecule has 1 atom stereocenters. The third kappa shape index (κ3) is 3.57. The Hall–Kier alpha value is -2.93. The largest absolute Gasteiger partial charge is 0.383 e. The number of nitrogens with zero attached hydrogens (tertiary/aromatic N) is 3. The number of aryl methyl sites for hydroxylation is 1. The first-order valence-corrected chi connectivity index (χ1v) is 11.1. The number of carbonyl (C=O) groups excluding carboxylic acids is 1. The lowest BCUT2D eigenvalue weighted by Gasteiger charge is -2.28. The molecule has 4 heterocycles. The molecule has 0 aromatic carbocycles. The van der Waals surface area contributed by atoms with Gasteiger partial charge >= 0.3 is 0 Å². The number of carbonyl (C=O) groups is 1. The van der Waals surface area contributed by atoms with E-state index in [1.54, 1.807) is 6.07 Å². The van der Waals surface area contributed by atoms with Crippen LogP contribution in [-0.4, -0.2) is 31.8 Å². The lowest BCUT2D eigenvalue weighted by atomic mass is 10.1. The number of nitrogens with one attached hydrogen (secondary N) is 1. The molecule has 162 valence electrons. The molecule has 1 amide bonds. The fourth-order valence-corrected chi connectivity index (χ4v) is 4.47. The van der Waals surface area contributed by atoms with Gasteiger partial charge < -0.3 is 20.4 Å². The second-order valence-corrected chi connectivity index (χ2v) is 8.83. The molecule has 0 spiro atoms. The van der Waals surface area contributed by atoms with Gasteiger partial charge in [0, 0.05) is 22.9 Å². The molecule has 1 aliphatic heterocycles. The molecule has 1 aliphatic carbocycles. The average molecular weight is 420 g/mol. The average Bonchev–Trinajstić information content (AvgIpc) is 3.30. The molecule has 2 aliphatic rings. The third-order valence-electron chi connectivity index (χ3n) is 6.65. The van der Waals surface area contributed by atoms with Crippen molar-refractivity contribution >= 4 is 22.8 Å². The summed E-state index contributed by atoms with van der Waals surface area (Å²) in [5.41, 5.74) is 13.4.